The first-order valence-electron chi connectivity index (χ1n) is 5.77. The largest absolute Gasteiger partial charge is 0.298 e. The smallest absolute Gasteiger partial charge is 0.267 e. The zero-order chi connectivity index (χ0) is 13.1. The molecule has 0 amide bonds. The van der Waals surface area contributed by atoms with Crippen LogP contribution in [0.5, 0.6) is 0 Å². The fourth-order valence-electron chi connectivity index (χ4n) is 1.73. The van der Waals surface area contributed by atoms with Crippen molar-refractivity contribution in [3.63, 3.8) is 0 Å². The molecule has 0 spiro atoms. The van der Waals surface area contributed by atoms with Gasteiger partial charge in [0.05, 0.1) is 12.0 Å². The summed E-state index contributed by atoms with van der Waals surface area (Å²) in [6.45, 7) is 6.85. The van der Waals surface area contributed by atoms with Crippen LogP contribution in [0.25, 0.3) is 0 Å². The van der Waals surface area contributed by atoms with E-state index in [1.807, 2.05) is 6.92 Å². The van der Waals surface area contributed by atoms with Crippen LogP contribution in [-0.2, 0) is 6.54 Å². The molecule has 0 aromatic carbocycles. The maximum Gasteiger partial charge on any atom is 0.267 e. The van der Waals surface area contributed by atoms with Gasteiger partial charge in [-0.15, -0.1) is 0 Å². The molecule has 0 N–H and O–H groups in total. The Morgan fingerprint density at radius 3 is 2.47 bits per heavy atom. The van der Waals surface area contributed by atoms with Crippen molar-refractivity contribution in [2.75, 3.05) is 5.33 Å². The van der Waals surface area contributed by atoms with E-state index in [0.717, 1.165) is 23.9 Å². The number of halogens is 2. The zero-order valence-corrected chi connectivity index (χ0v) is 13.6. The van der Waals surface area contributed by atoms with E-state index in [9.17, 15) is 4.79 Å². The molecule has 1 aromatic rings. The van der Waals surface area contributed by atoms with Crippen molar-refractivity contribution in [2.24, 2.45) is 5.41 Å². The SMILES string of the molecule is CCC(CC)(CBr)Cn1cnc(C)c(Br)c1=O. The fraction of sp³-hybridized carbons (Fsp3) is 0.667. The number of hydrogen-bond donors (Lipinski definition) is 0. The molecule has 0 aliphatic heterocycles. The molecule has 3 nitrogen and oxygen atoms in total. The number of rotatable bonds is 5. The van der Waals surface area contributed by atoms with Crippen LogP contribution in [0.4, 0.5) is 0 Å². The van der Waals surface area contributed by atoms with Gasteiger partial charge >= 0.3 is 0 Å². The number of aromatic nitrogens is 2. The Labute approximate surface area is 119 Å². The van der Waals surface area contributed by atoms with Crippen molar-refractivity contribution in [1.82, 2.24) is 9.55 Å². The third-order valence-electron chi connectivity index (χ3n) is 3.45. The van der Waals surface area contributed by atoms with Crippen LogP contribution in [0.3, 0.4) is 0 Å². The van der Waals surface area contributed by atoms with Crippen LogP contribution < -0.4 is 5.56 Å². The molecule has 1 rings (SSSR count). The lowest BCUT2D eigenvalue weighted by Crippen LogP contribution is -2.33. The van der Waals surface area contributed by atoms with Gasteiger partial charge < -0.3 is 0 Å². The average Bonchev–Trinajstić information content (AvgIpc) is 2.36. The molecular formula is C12H18Br2N2O. The van der Waals surface area contributed by atoms with Gasteiger partial charge in [0.1, 0.15) is 4.47 Å². The van der Waals surface area contributed by atoms with Gasteiger partial charge in [0.25, 0.3) is 5.56 Å². The molecule has 0 radical (unpaired) electrons. The Bertz CT molecular complexity index is 430. The third-order valence-corrected chi connectivity index (χ3v) is 5.55. The Kier molecular flexibility index (Phi) is 5.38. The second-order valence-electron chi connectivity index (χ2n) is 4.42. The quantitative estimate of drug-likeness (QED) is 0.748. The maximum atomic E-state index is 12.1. The van der Waals surface area contributed by atoms with E-state index in [2.05, 4.69) is 50.7 Å². The Balaban J connectivity index is 3.11. The molecule has 5 heteroatoms. The Morgan fingerprint density at radius 2 is 2.00 bits per heavy atom. The predicted molar refractivity (Wildman–Crippen MR) is 77.7 cm³/mol. The summed E-state index contributed by atoms with van der Waals surface area (Å²) in [6, 6.07) is 0. The van der Waals surface area contributed by atoms with E-state index in [-0.39, 0.29) is 11.0 Å². The molecule has 0 saturated heterocycles. The van der Waals surface area contributed by atoms with Crippen LogP contribution in [0, 0.1) is 12.3 Å². The van der Waals surface area contributed by atoms with Gasteiger partial charge in [-0.05, 0) is 41.1 Å². The second-order valence-corrected chi connectivity index (χ2v) is 5.77. The molecular weight excluding hydrogens is 348 g/mol. The van der Waals surface area contributed by atoms with Crippen LogP contribution >= 0.6 is 31.9 Å². The van der Waals surface area contributed by atoms with Crippen LogP contribution in [0.1, 0.15) is 32.4 Å². The van der Waals surface area contributed by atoms with Gasteiger partial charge in [0.15, 0.2) is 0 Å². The summed E-state index contributed by atoms with van der Waals surface area (Å²) < 4.78 is 2.27. The normalized spacial score (nSPS) is 11.8. The van der Waals surface area contributed by atoms with Crippen LogP contribution in [-0.4, -0.2) is 14.9 Å². The summed E-state index contributed by atoms with van der Waals surface area (Å²) in [5.74, 6) is 0. The molecule has 0 unspecified atom stereocenters. The summed E-state index contributed by atoms with van der Waals surface area (Å²) in [7, 11) is 0. The monoisotopic (exact) mass is 364 g/mol. The van der Waals surface area contributed by atoms with Crippen LogP contribution in [0.2, 0.25) is 0 Å². The molecule has 17 heavy (non-hydrogen) atoms. The van der Waals surface area contributed by atoms with Gasteiger partial charge in [-0.2, -0.15) is 0 Å². The maximum absolute atomic E-state index is 12.1. The van der Waals surface area contributed by atoms with Gasteiger partial charge in [-0.25, -0.2) is 4.98 Å². The summed E-state index contributed by atoms with van der Waals surface area (Å²) in [5.41, 5.74) is 0.869. The topological polar surface area (TPSA) is 34.9 Å². The lowest BCUT2D eigenvalue weighted by Gasteiger charge is -2.30. The molecule has 0 fully saturated rings. The van der Waals surface area contributed by atoms with Crippen molar-refractivity contribution in [3.05, 3.63) is 26.8 Å². The van der Waals surface area contributed by atoms with Crippen molar-refractivity contribution in [2.45, 2.75) is 40.2 Å². The standard InChI is InChI=1S/C12H18Br2N2O/c1-4-12(5-2,6-13)7-16-8-15-9(3)10(14)11(16)17/h8H,4-7H2,1-3H3. The first kappa shape index (κ1) is 14.9. The van der Waals surface area contributed by atoms with Gasteiger partial charge in [-0.3, -0.25) is 9.36 Å². The van der Waals surface area contributed by atoms with E-state index in [0.29, 0.717) is 11.0 Å². The highest BCUT2D eigenvalue weighted by Gasteiger charge is 2.26. The highest BCUT2D eigenvalue weighted by molar-refractivity contribution is 9.10. The Morgan fingerprint density at radius 1 is 1.41 bits per heavy atom. The summed E-state index contributed by atoms with van der Waals surface area (Å²) >= 11 is 6.86. The van der Waals surface area contributed by atoms with Crippen molar-refractivity contribution >= 4 is 31.9 Å². The van der Waals surface area contributed by atoms with E-state index in [4.69, 9.17) is 0 Å². The van der Waals surface area contributed by atoms with Crippen molar-refractivity contribution in [3.8, 4) is 0 Å². The summed E-state index contributed by atoms with van der Waals surface area (Å²) in [6.07, 6.45) is 3.71. The molecule has 0 atom stereocenters. The molecule has 1 aromatic heterocycles. The molecule has 0 aliphatic carbocycles. The summed E-state index contributed by atoms with van der Waals surface area (Å²) in [4.78, 5) is 16.3. The lowest BCUT2D eigenvalue weighted by molar-refractivity contribution is 0.254. The predicted octanol–water partition coefficient (Wildman–Crippen LogP) is 3.52. The molecule has 1 heterocycles. The highest BCUT2D eigenvalue weighted by Crippen LogP contribution is 2.30. The molecule has 96 valence electrons. The first-order chi connectivity index (χ1) is 7.99. The zero-order valence-electron chi connectivity index (χ0n) is 10.5. The van der Waals surface area contributed by atoms with E-state index < -0.39 is 0 Å². The van der Waals surface area contributed by atoms with Crippen LogP contribution in [0.15, 0.2) is 15.6 Å². The van der Waals surface area contributed by atoms with Gasteiger partial charge in [-0.1, -0.05) is 29.8 Å². The molecule has 0 bridgehead atoms. The lowest BCUT2D eigenvalue weighted by atomic mass is 9.84. The van der Waals surface area contributed by atoms with Crippen molar-refractivity contribution in [1.29, 1.82) is 0 Å². The Hall–Kier alpha value is -0.160. The fourth-order valence-corrected chi connectivity index (χ4v) is 3.03. The number of aryl methyl sites for hydroxylation is 1. The highest BCUT2D eigenvalue weighted by atomic mass is 79.9. The number of alkyl halides is 1. The number of hydrogen-bond acceptors (Lipinski definition) is 2. The minimum absolute atomic E-state index is 0.00438. The first-order valence-corrected chi connectivity index (χ1v) is 7.68. The van der Waals surface area contributed by atoms with E-state index in [1.54, 1.807) is 10.9 Å². The molecule has 0 saturated carbocycles. The van der Waals surface area contributed by atoms with Gasteiger partial charge in [0, 0.05) is 11.9 Å². The van der Waals surface area contributed by atoms with E-state index in [1.165, 1.54) is 0 Å². The van der Waals surface area contributed by atoms with E-state index >= 15 is 0 Å². The average molecular weight is 366 g/mol. The number of nitrogens with zero attached hydrogens (tertiary/aromatic N) is 2. The minimum Gasteiger partial charge on any atom is -0.298 e. The van der Waals surface area contributed by atoms with Crippen molar-refractivity contribution < 1.29 is 0 Å². The van der Waals surface area contributed by atoms with Gasteiger partial charge in [0.2, 0.25) is 0 Å². The minimum atomic E-state index is 0.00438. The third kappa shape index (κ3) is 3.19. The summed E-state index contributed by atoms with van der Waals surface area (Å²) in [5, 5.41) is 0.894. The second kappa shape index (κ2) is 6.14. The molecule has 0 aliphatic rings.